The van der Waals surface area contributed by atoms with Crippen LogP contribution in [0.3, 0.4) is 0 Å². The molecule has 4 fully saturated rings. The third-order valence-electron chi connectivity index (χ3n) is 12.1. The number of carbonyl (C=O) groups excluding carboxylic acids is 4. The van der Waals surface area contributed by atoms with Gasteiger partial charge in [0.1, 0.15) is 24.0 Å². The van der Waals surface area contributed by atoms with Crippen LogP contribution in [-0.4, -0.2) is 110 Å². The first-order chi connectivity index (χ1) is 27.1. The van der Waals surface area contributed by atoms with E-state index >= 15 is 0 Å². The first-order valence-corrected chi connectivity index (χ1v) is 19.7. The van der Waals surface area contributed by atoms with Crippen molar-refractivity contribution in [1.82, 2.24) is 25.3 Å². The number of hydrogen-bond acceptors (Lipinski definition) is 10. The Balaban J connectivity index is 0.940. The number of nitriles is 1. The zero-order valence-electron chi connectivity index (χ0n) is 32.6. The number of amides is 3. The number of hydrogen-bond donors (Lipinski definition) is 3. The second-order valence-corrected chi connectivity index (χ2v) is 15.9. The summed E-state index contributed by atoms with van der Waals surface area (Å²) in [7, 11) is 3.34. The van der Waals surface area contributed by atoms with E-state index in [9.17, 15) is 24.4 Å². The lowest BCUT2D eigenvalue weighted by Crippen LogP contribution is -2.55. The van der Waals surface area contributed by atoms with Gasteiger partial charge in [-0.1, -0.05) is 24.8 Å². The van der Waals surface area contributed by atoms with Gasteiger partial charge in [-0.05, 0) is 73.4 Å². The van der Waals surface area contributed by atoms with E-state index in [1.54, 1.807) is 12.1 Å². The van der Waals surface area contributed by atoms with Crippen molar-refractivity contribution in [2.45, 2.75) is 63.3 Å². The number of amidine groups is 1. The molecule has 0 aromatic heterocycles. The van der Waals surface area contributed by atoms with Gasteiger partial charge in [-0.25, -0.2) is 4.99 Å². The first-order valence-electron chi connectivity index (χ1n) is 19.7. The molecule has 13 nitrogen and oxygen atoms in total. The van der Waals surface area contributed by atoms with Crippen LogP contribution < -0.4 is 21.3 Å². The SMILES string of the molecule is CCC#Cc1ccc(C2(C#N)CC3(CC3)C2)cc1N=C(N)/C=C(\NC)N1CCN(CC2CN(c3ccc4c(c3)C(=O)N(C(CCC=O)C(=O)NC)C4=O)C2)CC1. The zero-order chi connectivity index (χ0) is 39.6. The number of aliphatic imine (C=N–C) groups is 1. The van der Waals surface area contributed by atoms with Crippen molar-refractivity contribution in [2.24, 2.45) is 22.1 Å². The molecular formula is C43H51N9O4. The van der Waals surface area contributed by atoms with Crippen LogP contribution in [-0.2, 0) is 15.0 Å². The van der Waals surface area contributed by atoms with Crippen LogP contribution in [0.1, 0.15) is 83.7 Å². The lowest BCUT2D eigenvalue weighted by molar-refractivity contribution is -0.124. The van der Waals surface area contributed by atoms with Crippen molar-refractivity contribution in [3.8, 4) is 17.9 Å². The predicted molar refractivity (Wildman–Crippen MR) is 214 cm³/mol. The molecule has 3 aliphatic heterocycles. The largest absolute Gasteiger partial charge is 0.384 e. The van der Waals surface area contributed by atoms with E-state index in [-0.39, 0.29) is 24.0 Å². The molecule has 2 saturated carbocycles. The van der Waals surface area contributed by atoms with Gasteiger partial charge in [-0.3, -0.25) is 24.2 Å². The van der Waals surface area contributed by atoms with Crippen LogP contribution >= 0.6 is 0 Å². The summed E-state index contributed by atoms with van der Waals surface area (Å²) in [5.74, 6) is 6.63. The molecule has 2 aromatic carbocycles. The van der Waals surface area contributed by atoms with Crippen molar-refractivity contribution in [3.05, 3.63) is 70.5 Å². The average molecular weight is 758 g/mol. The highest BCUT2D eigenvalue weighted by Crippen LogP contribution is 2.68. The Morgan fingerprint density at radius 1 is 1.04 bits per heavy atom. The maximum absolute atomic E-state index is 13.4. The molecule has 0 radical (unpaired) electrons. The number of anilines is 1. The number of carbonyl (C=O) groups is 4. The van der Waals surface area contributed by atoms with E-state index in [1.165, 1.54) is 19.9 Å². The maximum atomic E-state index is 13.4. The van der Waals surface area contributed by atoms with Gasteiger partial charge >= 0.3 is 0 Å². The number of aldehydes is 1. The topological polar surface area (TPSA) is 167 Å². The molecule has 2 aromatic rings. The number of imide groups is 1. The fourth-order valence-corrected chi connectivity index (χ4v) is 8.88. The van der Waals surface area contributed by atoms with Gasteiger partial charge in [0, 0.05) is 90.4 Å². The zero-order valence-corrected chi connectivity index (χ0v) is 32.6. The lowest BCUT2D eigenvalue weighted by Gasteiger charge is -2.45. The number of nitrogens with one attached hydrogen (secondary N) is 2. The molecule has 1 unspecified atom stereocenters. The van der Waals surface area contributed by atoms with Crippen LogP contribution in [0.5, 0.6) is 0 Å². The van der Waals surface area contributed by atoms with Gasteiger partial charge in [-0.15, -0.1) is 0 Å². The van der Waals surface area contributed by atoms with Gasteiger partial charge in [0.2, 0.25) is 5.91 Å². The molecule has 7 rings (SSSR count). The molecule has 2 saturated heterocycles. The summed E-state index contributed by atoms with van der Waals surface area (Å²) in [5.41, 5.74) is 10.4. The maximum Gasteiger partial charge on any atom is 0.262 e. The lowest BCUT2D eigenvalue weighted by atomic mass is 9.57. The van der Waals surface area contributed by atoms with E-state index < -0.39 is 29.2 Å². The highest BCUT2D eigenvalue weighted by Gasteiger charge is 2.62. The smallest absolute Gasteiger partial charge is 0.262 e. The molecule has 3 heterocycles. The minimum absolute atomic E-state index is 0.0654. The van der Waals surface area contributed by atoms with E-state index in [4.69, 9.17) is 10.7 Å². The third-order valence-corrected chi connectivity index (χ3v) is 12.1. The summed E-state index contributed by atoms with van der Waals surface area (Å²) in [4.78, 5) is 62.9. The van der Waals surface area contributed by atoms with Crippen LogP contribution in [0.25, 0.3) is 0 Å². The molecular weight excluding hydrogens is 707 g/mol. The molecule has 1 atom stereocenters. The fraction of sp³-hybridized carbons (Fsp3) is 0.488. The molecule has 2 aliphatic carbocycles. The summed E-state index contributed by atoms with van der Waals surface area (Å²) in [6.07, 6.45) is 7.71. The quantitative estimate of drug-likeness (QED) is 0.0908. The van der Waals surface area contributed by atoms with Gasteiger partial charge in [0.15, 0.2) is 0 Å². The van der Waals surface area contributed by atoms with Crippen molar-refractivity contribution in [3.63, 3.8) is 0 Å². The molecule has 13 heteroatoms. The van der Waals surface area contributed by atoms with Gasteiger partial charge in [-0.2, -0.15) is 5.26 Å². The van der Waals surface area contributed by atoms with E-state index in [2.05, 4.69) is 43.2 Å². The predicted octanol–water partition coefficient (Wildman–Crippen LogP) is 3.28. The third kappa shape index (κ3) is 7.48. The highest BCUT2D eigenvalue weighted by molar-refractivity contribution is 6.23. The Kier molecular flexibility index (Phi) is 10.9. The summed E-state index contributed by atoms with van der Waals surface area (Å²) in [6, 6.07) is 12.9. The highest BCUT2D eigenvalue weighted by atomic mass is 16.2. The Morgan fingerprint density at radius 2 is 1.77 bits per heavy atom. The van der Waals surface area contributed by atoms with Crippen molar-refractivity contribution in [1.29, 1.82) is 5.26 Å². The Hall–Kier alpha value is -5.66. The number of rotatable bonds is 13. The van der Waals surface area contributed by atoms with Gasteiger partial charge < -0.3 is 31.0 Å². The number of likely N-dealkylation sites (N-methyl/N-ethyl adjacent to an activating group) is 1. The molecule has 1 spiro atoms. The summed E-state index contributed by atoms with van der Waals surface area (Å²) in [6.45, 7) is 8.08. The molecule has 292 valence electrons. The summed E-state index contributed by atoms with van der Waals surface area (Å²) < 4.78 is 0. The number of benzene rings is 2. The molecule has 56 heavy (non-hydrogen) atoms. The van der Waals surface area contributed by atoms with Crippen molar-refractivity contribution >= 4 is 41.2 Å². The molecule has 4 N–H and O–H groups in total. The number of nitrogens with two attached hydrogens (primary N) is 1. The number of fused-ring (bicyclic) bond motifs is 1. The molecule has 0 bridgehead atoms. The molecule has 3 amide bonds. The Bertz CT molecular complexity index is 2070. The van der Waals surface area contributed by atoms with E-state index in [0.717, 1.165) is 92.6 Å². The van der Waals surface area contributed by atoms with Crippen LogP contribution in [0.15, 0.2) is 53.3 Å². The van der Waals surface area contributed by atoms with Crippen molar-refractivity contribution < 1.29 is 19.2 Å². The van der Waals surface area contributed by atoms with Gasteiger partial charge in [0.25, 0.3) is 11.8 Å². The Labute approximate surface area is 328 Å². The van der Waals surface area contributed by atoms with Crippen molar-refractivity contribution in [2.75, 3.05) is 64.8 Å². The normalized spacial score (nSPS) is 20.6. The minimum Gasteiger partial charge on any atom is -0.384 e. The minimum atomic E-state index is -1.04. The first kappa shape index (κ1) is 38.6. The second kappa shape index (κ2) is 15.8. The number of nitrogens with zero attached hydrogens (tertiary/aromatic N) is 6. The standard InChI is InChI=1S/C43H51N9O4/c1-4-5-7-30-9-10-31(43(28-44)26-42(27-43)13-14-42)20-35(30)48-37(45)22-38(46-2)50-17-15-49(16-18-50)23-29-24-51(25-29)32-11-12-33-34(21-32)41(56)52(40(33)55)36(8-6-19-53)39(54)47-3/h9-12,19-22,29,36,46H,4,6,8,13-18,23-27H2,1-3H3,(H2,45,48)(H,47,54)/b38-22+. The van der Waals surface area contributed by atoms with E-state index in [1.807, 2.05) is 44.3 Å². The monoisotopic (exact) mass is 757 g/mol. The summed E-state index contributed by atoms with van der Waals surface area (Å²) >= 11 is 0. The second-order valence-electron chi connectivity index (χ2n) is 15.9. The summed E-state index contributed by atoms with van der Waals surface area (Å²) in [5, 5.41) is 16.0. The van der Waals surface area contributed by atoms with Crippen LogP contribution in [0, 0.1) is 34.5 Å². The average Bonchev–Trinajstić information content (AvgIpc) is 3.94. The van der Waals surface area contributed by atoms with Crippen LogP contribution in [0.4, 0.5) is 11.4 Å². The van der Waals surface area contributed by atoms with E-state index in [0.29, 0.717) is 29.1 Å². The van der Waals surface area contributed by atoms with Crippen LogP contribution in [0.2, 0.25) is 0 Å². The Morgan fingerprint density at radius 3 is 2.41 bits per heavy atom. The fourth-order valence-electron chi connectivity index (χ4n) is 8.88. The number of piperazine rings is 1. The van der Waals surface area contributed by atoms with Gasteiger partial charge in [0.05, 0.1) is 33.9 Å². The molecule has 5 aliphatic rings.